The Morgan fingerprint density at radius 3 is 2.71 bits per heavy atom. The minimum atomic E-state index is -0.708. The SMILES string of the molecule is COc1ccc(NC(=O)C2(N)CCCC2)cn1. The maximum Gasteiger partial charge on any atom is 0.244 e. The van der Waals surface area contributed by atoms with Crippen molar-refractivity contribution in [3.8, 4) is 5.88 Å². The molecule has 0 atom stereocenters. The van der Waals surface area contributed by atoms with E-state index >= 15 is 0 Å². The first kappa shape index (κ1) is 11.9. The second kappa shape index (κ2) is 4.71. The van der Waals surface area contributed by atoms with Gasteiger partial charge < -0.3 is 15.8 Å². The van der Waals surface area contributed by atoms with Gasteiger partial charge in [0, 0.05) is 6.07 Å². The Kier molecular flexibility index (Phi) is 3.28. The molecule has 5 heteroatoms. The average Bonchev–Trinajstić information content (AvgIpc) is 2.78. The first-order chi connectivity index (χ1) is 8.14. The zero-order valence-corrected chi connectivity index (χ0v) is 9.90. The lowest BCUT2D eigenvalue weighted by atomic mass is 9.98. The van der Waals surface area contributed by atoms with Gasteiger partial charge in [0.2, 0.25) is 11.8 Å². The molecule has 3 N–H and O–H groups in total. The molecule has 0 saturated heterocycles. The van der Waals surface area contributed by atoms with E-state index in [2.05, 4.69) is 10.3 Å². The van der Waals surface area contributed by atoms with Gasteiger partial charge in [-0.15, -0.1) is 0 Å². The molecule has 0 unspecified atom stereocenters. The molecule has 1 aromatic heterocycles. The lowest BCUT2D eigenvalue weighted by Gasteiger charge is -2.22. The fourth-order valence-corrected chi connectivity index (χ4v) is 2.06. The number of hydrogen-bond acceptors (Lipinski definition) is 4. The van der Waals surface area contributed by atoms with E-state index in [1.165, 1.54) is 0 Å². The Balaban J connectivity index is 2.02. The number of methoxy groups -OCH3 is 1. The zero-order valence-electron chi connectivity index (χ0n) is 9.90. The number of ether oxygens (including phenoxy) is 1. The molecular formula is C12H17N3O2. The van der Waals surface area contributed by atoms with Crippen LogP contribution in [0, 0.1) is 0 Å². The minimum absolute atomic E-state index is 0.123. The summed E-state index contributed by atoms with van der Waals surface area (Å²) in [5.41, 5.74) is 5.99. The lowest BCUT2D eigenvalue weighted by molar-refractivity contribution is -0.121. The number of pyridine rings is 1. The summed E-state index contributed by atoms with van der Waals surface area (Å²) in [6.45, 7) is 0. The van der Waals surface area contributed by atoms with Gasteiger partial charge in [-0.1, -0.05) is 12.8 Å². The van der Waals surface area contributed by atoms with Crippen molar-refractivity contribution >= 4 is 11.6 Å². The van der Waals surface area contributed by atoms with E-state index in [4.69, 9.17) is 10.5 Å². The van der Waals surface area contributed by atoms with Crippen LogP contribution in [0.3, 0.4) is 0 Å². The minimum Gasteiger partial charge on any atom is -0.481 e. The van der Waals surface area contributed by atoms with Crippen LogP contribution in [0.15, 0.2) is 18.3 Å². The van der Waals surface area contributed by atoms with Crippen molar-refractivity contribution in [3.05, 3.63) is 18.3 Å². The van der Waals surface area contributed by atoms with Crippen molar-refractivity contribution in [2.45, 2.75) is 31.2 Å². The van der Waals surface area contributed by atoms with Gasteiger partial charge in [-0.05, 0) is 18.9 Å². The van der Waals surface area contributed by atoms with Crippen LogP contribution in [0.2, 0.25) is 0 Å². The molecule has 1 aliphatic rings. The topological polar surface area (TPSA) is 77.2 Å². The number of nitrogens with one attached hydrogen (secondary N) is 1. The summed E-state index contributed by atoms with van der Waals surface area (Å²) >= 11 is 0. The fraction of sp³-hybridized carbons (Fsp3) is 0.500. The molecule has 1 aliphatic carbocycles. The Morgan fingerprint density at radius 1 is 1.47 bits per heavy atom. The molecule has 0 aliphatic heterocycles. The summed E-state index contributed by atoms with van der Waals surface area (Å²) in [6.07, 6.45) is 5.11. The van der Waals surface area contributed by atoms with E-state index in [1.807, 2.05) is 0 Å². The van der Waals surface area contributed by atoms with E-state index in [9.17, 15) is 4.79 Å². The van der Waals surface area contributed by atoms with Gasteiger partial charge in [-0.2, -0.15) is 0 Å². The molecule has 1 fully saturated rings. The molecule has 0 spiro atoms. The third kappa shape index (κ3) is 2.55. The highest BCUT2D eigenvalue weighted by Crippen LogP contribution is 2.28. The van der Waals surface area contributed by atoms with Gasteiger partial charge in [-0.3, -0.25) is 4.79 Å². The van der Waals surface area contributed by atoms with E-state index < -0.39 is 5.54 Å². The highest BCUT2D eigenvalue weighted by atomic mass is 16.5. The van der Waals surface area contributed by atoms with Gasteiger partial charge in [0.05, 0.1) is 24.5 Å². The molecule has 0 aromatic carbocycles. The van der Waals surface area contributed by atoms with E-state index in [1.54, 1.807) is 25.4 Å². The third-order valence-electron chi connectivity index (χ3n) is 3.15. The second-order valence-electron chi connectivity index (χ2n) is 4.41. The van der Waals surface area contributed by atoms with Gasteiger partial charge in [-0.25, -0.2) is 4.98 Å². The summed E-state index contributed by atoms with van der Waals surface area (Å²) in [5, 5.41) is 2.79. The maximum absolute atomic E-state index is 12.0. The molecule has 2 rings (SSSR count). The van der Waals surface area contributed by atoms with Gasteiger partial charge in [0.25, 0.3) is 0 Å². The first-order valence-corrected chi connectivity index (χ1v) is 5.74. The smallest absolute Gasteiger partial charge is 0.244 e. The molecular weight excluding hydrogens is 218 g/mol. The number of anilines is 1. The predicted molar refractivity (Wildman–Crippen MR) is 64.8 cm³/mol. The zero-order chi connectivity index (χ0) is 12.3. The van der Waals surface area contributed by atoms with Gasteiger partial charge in [0.1, 0.15) is 0 Å². The summed E-state index contributed by atoms with van der Waals surface area (Å²) in [4.78, 5) is 16.0. The van der Waals surface area contributed by atoms with Crippen LogP contribution in [0.1, 0.15) is 25.7 Å². The summed E-state index contributed by atoms with van der Waals surface area (Å²) in [6, 6.07) is 3.45. The number of aromatic nitrogens is 1. The molecule has 1 aromatic rings. The molecule has 92 valence electrons. The number of amides is 1. The van der Waals surface area contributed by atoms with Crippen molar-refractivity contribution in [1.82, 2.24) is 4.98 Å². The largest absolute Gasteiger partial charge is 0.481 e. The third-order valence-corrected chi connectivity index (χ3v) is 3.15. The van der Waals surface area contributed by atoms with Crippen molar-refractivity contribution in [3.63, 3.8) is 0 Å². The molecule has 5 nitrogen and oxygen atoms in total. The first-order valence-electron chi connectivity index (χ1n) is 5.74. The quantitative estimate of drug-likeness (QED) is 0.827. The average molecular weight is 235 g/mol. The van der Waals surface area contributed by atoms with Crippen molar-refractivity contribution < 1.29 is 9.53 Å². The summed E-state index contributed by atoms with van der Waals surface area (Å²) in [5.74, 6) is 0.397. The Morgan fingerprint density at radius 2 is 2.18 bits per heavy atom. The number of rotatable bonds is 3. The van der Waals surface area contributed by atoms with Crippen LogP contribution in [-0.4, -0.2) is 23.5 Å². The van der Waals surface area contributed by atoms with Crippen LogP contribution in [0.5, 0.6) is 5.88 Å². The van der Waals surface area contributed by atoms with Crippen molar-refractivity contribution in [1.29, 1.82) is 0 Å². The summed E-state index contributed by atoms with van der Waals surface area (Å²) < 4.78 is 4.95. The molecule has 1 heterocycles. The summed E-state index contributed by atoms with van der Waals surface area (Å²) in [7, 11) is 1.55. The number of nitrogens with zero attached hydrogens (tertiary/aromatic N) is 1. The van der Waals surface area contributed by atoms with Gasteiger partial charge >= 0.3 is 0 Å². The van der Waals surface area contributed by atoms with Crippen molar-refractivity contribution in [2.24, 2.45) is 5.73 Å². The van der Waals surface area contributed by atoms with Crippen LogP contribution in [0.4, 0.5) is 5.69 Å². The Labute approximate surface area is 100 Å². The lowest BCUT2D eigenvalue weighted by Crippen LogP contribution is -2.48. The number of carbonyl (C=O) groups excluding carboxylic acids is 1. The highest BCUT2D eigenvalue weighted by molar-refractivity contribution is 5.98. The van der Waals surface area contributed by atoms with Gasteiger partial charge in [0.15, 0.2) is 0 Å². The molecule has 1 amide bonds. The molecule has 17 heavy (non-hydrogen) atoms. The molecule has 1 saturated carbocycles. The number of carbonyl (C=O) groups is 1. The molecule has 0 radical (unpaired) electrons. The Bertz CT molecular complexity index is 397. The number of hydrogen-bond donors (Lipinski definition) is 2. The van der Waals surface area contributed by atoms with Crippen LogP contribution in [-0.2, 0) is 4.79 Å². The monoisotopic (exact) mass is 235 g/mol. The maximum atomic E-state index is 12.0. The van der Waals surface area contributed by atoms with Crippen molar-refractivity contribution in [2.75, 3.05) is 12.4 Å². The number of nitrogens with two attached hydrogens (primary N) is 1. The van der Waals surface area contributed by atoms with Crippen LogP contribution < -0.4 is 15.8 Å². The van der Waals surface area contributed by atoms with E-state index in [0.717, 1.165) is 25.7 Å². The Hall–Kier alpha value is -1.62. The predicted octanol–water partition coefficient (Wildman–Crippen LogP) is 1.30. The molecule has 0 bridgehead atoms. The second-order valence-corrected chi connectivity index (χ2v) is 4.41. The van der Waals surface area contributed by atoms with Crippen LogP contribution in [0.25, 0.3) is 0 Å². The van der Waals surface area contributed by atoms with Crippen LogP contribution >= 0.6 is 0 Å². The standard InChI is InChI=1S/C12H17N3O2/c1-17-10-5-4-9(8-14-10)15-11(16)12(13)6-2-3-7-12/h4-5,8H,2-3,6-7,13H2,1H3,(H,15,16). The fourth-order valence-electron chi connectivity index (χ4n) is 2.06. The highest BCUT2D eigenvalue weighted by Gasteiger charge is 2.36. The van der Waals surface area contributed by atoms with E-state index in [-0.39, 0.29) is 5.91 Å². The van der Waals surface area contributed by atoms with E-state index in [0.29, 0.717) is 11.6 Å². The normalized spacial score (nSPS) is 17.8.